The molecule has 2 saturated heterocycles. The summed E-state index contributed by atoms with van der Waals surface area (Å²) < 4.78 is 16.6. The molecule has 0 bridgehead atoms. The summed E-state index contributed by atoms with van der Waals surface area (Å²) in [4.78, 5) is 29.0. The number of nitrogens with one attached hydrogen (secondary N) is 1. The van der Waals surface area contributed by atoms with E-state index in [9.17, 15) is 9.59 Å². The third-order valence-electron chi connectivity index (χ3n) is 5.24. The molecule has 32 heavy (non-hydrogen) atoms. The van der Waals surface area contributed by atoms with Gasteiger partial charge in [-0.15, -0.1) is 0 Å². The van der Waals surface area contributed by atoms with Gasteiger partial charge in [-0.1, -0.05) is 0 Å². The van der Waals surface area contributed by atoms with Crippen LogP contribution in [0.25, 0.3) is 6.08 Å². The van der Waals surface area contributed by atoms with Gasteiger partial charge < -0.3 is 13.9 Å². The molecule has 168 valence electrons. The molecule has 2 aliphatic rings. The summed E-state index contributed by atoms with van der Waals surface area (Å²) in [6.07, 6.45) is 2.34. The molecule has 0 unspecified atom stereocenters. The van der Waals surface area contributed by atoms with Crippen molar-refractivity contribution in [3.05, 3.63) is 53.5 Å². The fourth-order valence-electron chi connectivity index (χ4n) is 3.56. The second kappa shape index (κ2) is 10.1. The minimum absolute atomic E-state index is 0.0342. The molecule has 1 N–H and O–H groups in total. The van der Waals surface area contributed by atoms with Crippen LogP contribution in [-0.2, 0) is 14.3 Å². The van der Waals surface area contributed by atoms with Gasteiger partial charge in [-0.2, -0.15) is 0 Å². The maximum Gasteiger partial charge on any atom is 0.270 e. The first kappa shape index (κ1) is 22.2. The molecule has 2 aliphatic heterocycles. The predicted molar refractivity (Wildman–Crippen MR) is 123 cm³/mol. The van der Waals surface area contributed by atoms with E-state index in [1.165, 1.54) is 11.0 Å². The van der Waals surface area contributed by atoms with Crippen LogP contribution in [0.4, 0.5) is 5.69 Å². The van der Waals surface area contributed by atoms with Crippen molar-refractivity contribution in [3.8, 4) is 5.75 Å². The molecule has 9 heteroatoms. The second-order valence-corrected chi connectivity index (χ2v) is 7.94. The highest BCUT2D eigenvalue weighted by Gasteiger charge is 2.34. The van der Waals surface area contributed by atoms with Crippen LogP contribution in [0.2, 0.25) is 0 Å². The molecule has 0 spiro atoms. The predicted octanol–water partition coefficient (Wildman–Crippen LogP) is 2.52. The SMILES string of the molecule is Cc1ccc(C=C2C(=O)NC(=S)N(c3ccc(OCCCN4CCOCC4)cc3)C2=O)o1. The van der Waals surface area contributed by atoms with Gasteiger partial charge in [-0.25, -0.2) is 0 Å². The third-order valence-corrected chi connectivity index (χ3v) is 5.52. The Labute approximate surface area is 191 Å². The van der Waals surface area contributed by atoms with Crippen molar-refractivity contribution in [1.82, 2.24) is 10.2 Å². The summed E-state index contributed by atoms with van der Waals surface area (Å²) in [6.45, 7) is 6.87. The van der Waals surface area contributed by atoms with Crippen LogP contribution in [0.1, 0.15) is 17.9 Å². The number of benzene rings is 1. The normalized spacial score (nSPS) is 18.8. The Bertz CT molecular complexity index is 1020. The summed E-state index contributed by atoms with van der Waals surface area (Å²) in [5.74, 6) is 0.762. The number of anilines is 1. The van der Waals surface area contributed by atoms with E-state index in [1.54, 1.807) is 43.3 Å². The van der Waals surface area contributed by atoms with Crippen molar-refractivity contribution in [1.29, 1.82) is 0 Å². The Kier molecular flexibility index (Phi) is 6.99. The first-order chi connectivity index (χ1) is 15.5. The minimum atomic E-state index is -0.550. The number of carbonyl (C=O) groups excluding carboxylic acids is 2. The molecule has 1 aromatic carbocycles. The van der Waals surface area contributed by atoms with Gasteiger partial charge in [0.2, 0.25) is 0 Å². The molecule has 1 aromatic heterocycles. The molecular formula is C23H25N3O5S. The van der Waals surface area contributed by atoms with Gasteiger partial charge in [-0.3, -0.25) is 24.7 Å². The average molecular weight is 456 g/mol. The van der Waals surface area contributed by atoms with Crippen molar-refractivity contribution >= 4 is 40.9 Å². The van der Waals surface area contributed by atoms with Crippen molar-refractivity contribution in [2.45, 2.75) is 13.3 Å². The molecule has 4 rings (SSSR count). The number of aryl methyl sites for hydroxylation is 1. The molecule has 2 aromatic rings. The highest BCUT2D eigenvalue weighted by atomic mass is 32.1. The van der Waals surface area contributed by atoms with Crippen molar-refractivity contribution < 1.29 is 23.5 Å². The Hall–Kier alpha value is -3.01. The van der Waals surface area contributed by atoms with E-state index in [0.717, 1.165) is 39.3 Å². The van der Waals surface area contributed by atoms with Crippen molar-refractivity contribution in [2.75, 3.05) is 44.4 Å². The van der Waals surface area contributed by atoms with E-state index < -0.39 is 11.8 Å². The number of nitrogens with zero attached hydrogens (tertiary/aromatic N) is 2. The van der Waals surface area contributed by atoms with Crippen molar-refractivity contribution in [2.24, 2.45) is 0 Å². The zero-order valence-electron chi connectivity index (χ0n) is 17.8. The van der Waals surface area contributed by atoms with Crippen LogP contribution >= 0.6 is 12.2 Å². The van der Waals surface area contributed by atoms with Crippen LogP contribution < -0.4 is 15.0 Å². The lowest BCUT2D eigenvalue weighted by Gasteiger charge is -2.29. The third kappa shape index (κ3) is 5.24. The van der Waals surface area contributed by atoms with Gasteiger partial charge in [0.1, 0.15) is 22.8 Å². The number of thiocarbonyl (C=S) groups is 1. The van der Waals surface area contributed by atoms with Crippen LogP contribution in [0.5, 0.6) is 5.75 Å². The van der Waals surface area contributed by atoms with Gasteiger partial charge >= 0.3 is 0 Å². The monoisotopic (exact) mass is 455 g/mol. The van der Waals surface area contributed by atoms with Gasteiger partial charge in [0.15, 0.2) is 5.11 Å². The topological polar surface area (TPSA) is 84.3 Å². The van der Waals surface area contributed by atoms with Gasteiger partial charge in [0.25, 0.3) is 11.8 Å². The first-order valence-electron chi connectivity index (χ1n) is 10.5. The zero-order chi connectivity index (χ0) is 22.5. The summed E-state index contributed by atoms with van der Waals surface area (Å²) >= 11 is 5.24. The van der Waals surface area contributed by atoms with Gasteiger partial charge in [0.05, 0.1) is 25.5 Å². The van der Waals surface area contributed by atoms with E-state index in [-0.39, 0.29) is 10.7 Å². The van der Waals surface area contributed by atoms with E-state index in [0.29, 0.717) is 29.6 Å². The Morgan fingerprint density at radius 2 is 1.88 bits per heavy atom. The quantitative estimate of drug-likeness (QED) is 0.297. The number of ether oxygens (including phenoxy) is 2. The lowest BCUT2D eigenvalue weighted by atomic mass is 10.1. The van der Waals surface area contributed by atoms with E-state index in [2.05, 4.69) is 10.2 Å². The molecule has 2 fully saturated rings. The maximum atomic E-state index is 13.0. The lowest BCUT2D eigenvalue weighted by Crippen LogP contribution is -2.54. The number of furan rings is 1. The fourth-order valence-corrected chi connectivity index (χ4v) is 3.84. The molecule has 0 atom stereocenters. The van der Waals surface area contributed by atoms with Crippen molar-refractivity contribution in [3.63, 3.8) is 0 Å². The molecule has 3 heterocycles. The van der Waals surface area contributed by atoms with Gasteiger partial charge in [-0.05, 0) is 68.0 Å². The molecule has 8 nitrogen and oxygen atoms in total. The molecule has 2 amide bonds. The molecular weight excluding hydrogens is 430 g/mol. The average Bonchev–Trinajstić information content (AvgIpc) is 3.20. The number of rotatable bonds is 7. The lowest BCUT2D eigenvalue weighted by molar-refractivity contribution is -0.122. The first-order valence-corrected chi connectivity index (χ1v) is 10.9. The molecule has 0 aliphatic carbocycles. The Morgan fingerprint density at radius 1 is 1.12 bits per heavy atom. The summed E-state index contributed by atoms with van der Waals surface area (Å²) in [5.41, 5.74) is 0.499. The van der Waals surface area contributed by atoms with Crippen LogP contribution in [0.15, 0.2) is 46.4 Å². The molecule has 0 saturated carbocycles. The maximum absolute atomic E-state index is 13.0. The number of hydrogen-bond acceptors (Lipinski definition) is 7. The van der Waals surface area contributed by atoms with E-state index in [4.69, 9.17) is 26.1 Å². The molecule has 0 radical (unpaired) electrons. The highest BCUT2D eigenvalue weighted by molar-refractivity contribution is 7.80. The Morgan fingerprint density at radius 3 is 2.56 bits per heavy atom. The van der Waals surface area contributed by atoms with E-state index >= 15 is 0 Å². The second-order valence-electron chi connectivity index (χ2n) is 7.56. The van der Waals surface area contributed by atoms with Crippen LogP contribution in [0, 0.1) is 6.92 Å². The fraction of sp³-hybridized carbons (Fsp3) is 0.348. The number of carbonyl (C=O) groups is 2. The largest absolute Gasteiger partial charge is 0.494 e. The van der Waals surface area contributed by atoms with Gasteiger partial charge in [0, 0.05) is 19.6 Å². The number of morpholine rings is 1. The number of amides is 2. The van der Waals surface area contributed by atoms with Crippen LogP contribution in [-0.4, -0.2) is 61.3 Å². The standard InChI is InChI=1S/C23H25N3O5S/c1-16-3-6-19(31-16)15-20-21(27)24-23(32)26(22(20)28)17-4-7-18(8-5-17)30-12-2-9-25-10-13-29-14-11-25/h3-8,15H,2,9-14H2,1H3,(H,24,27,32). The number of hydrogen-bond donors (Lipinski definition) is 1. The zero-order valence-corrected chi connectivity index (χ0v) is 18.7. The smallest absolute Gasteiger partial charge is 0.270 e. The minimum Gasteiger partial charge on any atom is -0.494 e. The summed E-state index contributed by atoms with van der Waals surface area (Å²) in [5, 5.41) is 2.60. The summed E-state index contributed by atoms with van der Waals surface area (Å²) in [6, 6.07) is 10.5. The highest BCUT2D eigenvalue weighted by Crippen LogP contribution is 2.25. The van der Waals surface area contributed by atoms with Crippen LogP contribution in [0.3, 0.4) is 0 Å². The Balaban J connectivity index is 1.38. The summed E-state index contributed by atoms with van der Waals surface area (Å²) in [7, 11) is 0. The van der Waals surface area contributed by atoms with E-state index in [1.807, 2.05) is 0 Å².